The molecule has 0 bridgehead atoms. The van der Waals surface area contributed by atoms with E-state index in [0.29, 0.717) is 23.0 Å². The van der Waals surface area contributed by atoms with Crippen LogP contribution in [0.4, 0.5) is 0 Å². The fraction of sp³-hybridized carbons (Fsp3) is 0.787. The van der Waals surface area contributed by atoms with Gasteiger partial charge in [0.05, 0.1) is 0 Å². The summed E-state index contributed by atoms with van der Waals surface area (Å²) < 4.78 is 0. The number of thiol groups is 1. The Balaban J connectivity index is 0.964. The van der Waals surface area contributed by atoms with Crippen molar-refractivity contribution in [2.45, 2.75) is 182 Å². The van der Waals surface area contributed by atoms with E-state index in [1.54, 1.807) is 11.3 Å². The Kier molecular flexibility index (Phi) is 12.4. The van der Waals surface area contributed by atoms with Crippen molar-refractivity contribution in [3.8, 4) is 0 Å². The molecule has 6 aliphatic carbocycles. The third kappa shape index (κ3) is 8.15. The summed E-state index contributed by atoms with van der Waals surface area (Å²) in [7, 11) is 0. The lowest BCUT2D eigenvalue weighted by molar-refractivity contribution is 0.0638. The minimum Gasteiger partial charge on any atom is -0.368 e. The van der Waals surface area contributed by atoms with Crippen LogP contribution in [0, 0.1) is 47.3 Å². The topological polar surface area (TPSA) is 3.24 Å². The molecule has 0 aromatic heterocycles. The number of allylic oxidation sites excluding steroid dienone is 8. The number of hydrogen-bond acceptors (Lipinski definition) is 3. The molecule has 0 aromatic rings. The Morgan fingerprint density at radius 3 is 2.16 bits per heavy atom. The quantitative estimate of drug-likeness (QED) is 0.216. The lowest BCUT2D eigenvalue weighted by Crippen LogP contribution is -2.47. The number of rotatable bonds is 6. The van der Waals surface area contributed by atoms with Crippen molar-refractivity contribution >= 4 is 24.4 Å². The van der Waals surface area contributed by atoms with Crippen LogP contribution in [0.15, 0.2) is 59.9 Å². The molecule has 1 saturated heterocycles. The van der Waals surface area contributed by atoms with Crippen molar-refractivity contribution in [1.82, 2.24) is 4.90 Å². The largest absolute Gasteiger partial charge is 0.368 e. The molecule has 3 heteroatoms. The van der Waals surface area contributed by atoms with Crippen LogP contribution in [0.25, 0.3) is 0 Å². The van der Waals surface area contributed by atoms with Gasteiger partial charge in [0.1, 0.15) is 0 Å². The molecule has 1 nitrogen and oxygen atoms in total. The van der Waals surface area contributed by atoms with E-state index in [-0.39, 0.29) is 0 Å². The highest BCUT2D eigenvalue weighted by atomic mass is 32.2. The van der Waals surface area contributed by atoms with E-state index in [1.165, 1.54) is 148 Å². The van der Waals surface area contributed by atoms with Gasteiger partial charge in [0.2, 0.25) is 0 Å². The highest BCUT2D eigenvalue weighted by molar-refractivity contribution is 8.01. The van der Waals surface area contributed by atoms with Crippen molar-refractivity contribution in [3.63, 3.8) is 0 Å². The van der Waals surface area contributed by atoms with Gasteiger partial charge in [0.25, 0.3) is 0 Å². The van der Waals surface area contributed by atoms with Crippen LogP contribution in [-0.2, 0) is 0 Å². The summed E-state index contributed by atoms with van der Waals surface area (Å²) in [5.74, 6) is 6.53. The number of fused-ring (bicyclic) bond motifs is 3. The van der Waals surface area contributed by atoms with Gasteiger partial charge in [-0.2, -0.15) is 24.4 Å². The standard InChI is InChI=1S/C47H71NS2/c1-2-12-33-19-28-46-39(29-33)32-47(50-46)37-21-24-40(25-22-37)48-43-30-34(17-20-36-15-10-11-16-45(36)49)18-26-41(43)42-27-23-38(31-44(42)48)35-13-8-6-4-3-5-7-9-14-35/h2,12,17-20,26,28,33-40,42,44-47,49H,3-11,13-16,21-25,27,29-32H2,1H3/b12-2+,20-17+. The zero-order chi connectivity index (χ0) is 33.9. The predicted molar refractivity (Wildman–Crippen MR) is 221 cm³/mol. The van der Waals surface area contributed by atoms with Gasteiger partial charge in [-0.25, -0.2) is 0 Å². The average Bonchev–Trinajstić information content (AvgIpc) is 3.72. The van der Waals surface area contributed by atoms with E-state index in [2.05, 4.69) is 72.2 Å². The second-order valence-electron chi connectivity index (χ2n) is 18.5. The van der Waals surface area contributed by atoms with Crippen molar-refractivity contribution in [2.75, 3.05) is 0 Å². The third-order valence-corrected chi connectivity index (χ3v) is 17.9. The maximum atomic E-state index is 5.01. The van der Waals surface area contributed by atoms with Gasteiger partial charge in [-0.15, -0.1) is 0 Å². The number of hydrogen-bond donors (Lipinski definition) is 1. The fourth-order valence-corrected chi connectivity index (χ4v) is 15.1. The van der Waals surface area contributed by atoms with E-state index in [0.717, 1.165) is 52.2 Å². The molecule has 4 saturated carbocycles. The van der Waals surface area contributed by atoms with Crippen LogP contribution in [0.5, 0.6) is 0 Å². The number of nitrogens with zero attached hydrogens (tertiary/aromatic N) is 1. The molecule has 0 spiro atoms. The Morgan fingerprint density at radius 2 is 1.38 bits per heavy atom. The van der Waals surface area contributed by atoms with Crippen LogP contribution < -0.4 is 0 Å². The zero-order valence-corrected chi connectivity index (χ0v) is 33.4. The van der Waals surface area contributed by atoms with Crippen molar-refractivity contribution in [1.29, 1.82) is 0 Å². The summed E-state index contributed by atoms with van der Waals surface area (Å²) >= 11 is 7.39. The molecule has 0 aromatic carbocycles. The highest BCUT2D eigenvalue weighted by Gasteiger charge is 2.49. The van der Waals surface area contributed by atoms with Gasteiger partial charge in [0, 0.05) is 45.4 Å². The molecule has 5 fully saturated rings. The van der Waals surface area contributed by atoms with E-state index in [1.807, 2.05) is 0 Å². The van der Waals surface area contributed by atoms with E-state index in [9.17, 15) is 0 Å². The van der Waals surface area contributed by atoms with Crippen LogP contribution in [0.2, 0.25) is 0 Å². The molecule has 8 aliphatic rings. The first kappa shape index (κ1) is 36.2. The monoisotopic (exact) mass is 714 g/mol. The summed E-state index contributed by atoms with van der Waals surface area (Å²) in [5, 5.41) is 2.25. The summed E-state index contributed by atoms with van der Waals surface area (Å²) in [6.07, 6.45) is 53.5. The summed E-state index contributed by atoms with van der Waals surface area (Å²) in [4.78, 5) is 3.18. The predicted octanol–water partition coefficient (Wildman–Crippen LogP) is 13.3. The highest BCUT2D eigenvalue weighted by Crippen LogP contribution is 2.55. The molecule has 276 valence electrons. The fourth-order valence-electron chi connectivity index (χ4n) is 12.7. The van der Waals surface area contributed by atoms with Crippen molar-refractivity contribution in [2.24, 2.45) is 47.3 Å². The Bertz CT molecular complexity index is 1260. The molecule has 2 aliphatic heterocycles. The molecular formula is C47H71NS2. The zero-order valence-electron chi connectivity index (χ0n) is 31.7. The second kappa shape index (κ2) is 17.1. The Morgan fingerprint density at radius 1 is 0.640 bits per heavy atom. The summed E-state index contributed by atoms with van der Waals surface area (Å²) in [6, 6.07) is 1.55. The molecule has 10 unspecified atom stereocenters. The molecule has 0 radical (unpaired) electrons. The molecule has 8 rings (SSSR count). The average molecular weight is 714 g/mol. The molecule has 10 atom stereocenters. The van der Waals surface area contributed by atoms with Gasteiger partial charge in [0.15, 0.2) is 0 Å². The van der Waals surface area contributed by atoms with Crippen LogP contribution in [0.1, 0.15) is 155 Å². The first-order valence-electron chi connectivity index (χ1n) is 22.2. The van der Waals surface area contributed by atoms with Gasteiger partial charge < -0.3 is 4.90 Å². The molecule has 0 amide bonds. The number of thioether (sulfide) groups is 1. The lowest BCUT2D eigenvalue weighted by atomic mass is 9.69. The minimum absolute atomic E-state index is 0.565. The van der Waals surface area contributed by atoms with E-state index in [4.69, 9.17) is 12.6 Å². The molecule has 50 heavy (non-hydrogen) atoms. The lowest BCUT2D eigenvalue weighted by Gasteiger charge is -2.47. The van der Waals surface area contributed by atoms with E-state index >= 15 is 0 Å². The van der Waals surface area contributed by atoms with Crippen molar-refractivity contribution < 1.29 is 0 Å². The minimum atomic E-state index is 0.565. The van der Waals surface area contributed by atoms with Gasteiger partial charge >= 0.3 is 0 Å². The molecule has 0 N–H and O–H groups in total. The smallest absolute Gasteiger partial charge is 0.0362 e. The first-order chi connectivity index (χ1) is 24.6. The third-order valence-electron chi connectivity index (χ3n) is 15.5. The first-order valence-corrected chi connectivity index (χ1v) is 23.6. The maximum Gasteiger partial charge on any atom is 0.0362 e. The SMILES string of the molecule is C/C=C/C1C=CC2SC(C3CCC(N4C5=C(C=CC(/C=C/C6CCCCC6S)C5)C5CCC(C6CCCCCCCCC6)CC54)CC3)CC2C1. The van der Waals surface area contributed by atoms with E-state index < -0.39 is 0 Å². The van der Waals surface area contributed by atoms with Crippen LogP contribution in [-0.4, -0.2) is 32.7 Å². The normalized spacial score (nSPS) is 43.4. The van der Waals surface area contributed by atoms with Crippen LogP contribution in [0.3, 0.4) is 0 Å². The summed E-state index contributed by atoms with van der Waals surface area (Å²) in [5.41, 5.74) is 3.59. The molecule has 2 heterocycles. The van der Waals surface area contributed by atoms with Gasteiger partial charge in [-0.05, 0) is 125 Å². The molecular weight excluding hydrogens is 643 g/mol. The second-order valence-corrected chi connectivity index (χ2v) is 20.6. The van der Waals surface area contributed by atoms with Crippen LogP contribution >= 0.6 is 24.4 Å². The Labute approximate surface area is 317 Å². The summed E-state index contributed by atoms with van der Waals surface area (Å²) in [6.45, 7) is 2.19. The Hall–Kier alpha value is -0.800. The van der Waals surface area contributed by atoms with Gasteiger partial charge in [-0.1, -0.05) is 119 Å². The van der Waals surface area contributed by atoms with Gasteiger partial charge in [-0.3, -0.25) is 0 Å². The maximum absolute atomic E-state index is 5.01. The van der Waals surface area contributed by atoms with Crippen molar-refractivity contribution in [3.05, 3.63) is 59.9 Å².